The predicted octanol–water partition coefficient (Wildman–Crippen LogP) is 3.26. The lowest BCUT2D eigenvalue weighted by Crippen LogP contribution is -2.20. The zero-order valence-electron chi connectivity index (χ0n) is 15.8. The number of carbonyl (C=O) groups excluding carboxylic acids is 3. The van der Waals surface area contributed by atoms with Gasteiger partial charge in [-0.15, -0.1) is 0 Å². The van der Waals surface area contributed by atoms with Crippen LogP contribution in [0.3, 0.4) is 0 Å². The van der Waals surface area contributed by atoms with Gasteiger partial charge in [0.25, 0.3) is 5.91 Å². The van der Waals surface area contributed by atoms with E-state index in [9.17, 15) is 14.4 Å². The number of benzene rings is 2. The van der Waals surface area contributed by atoms with E-state index in [0.29, 0.717) is 28.4 Å². The van der Waals surface area contributed by atoms with Crippen molar-refractivity contribution < 1.29 is 23.9 Å². The average molecular weight is 382 g/mol. The van der Waals surface area contributed by atoms with E-state index in [2.05, 4.69) is 10.6 Å². The minimum absolute atomic E-state index is 0.00733. The minimum Gasteiger partial charge on any atom is -0.493 e. The average Bonchev–Trinajstić information content (AvgIpc) is 3.51. The van der Waals surface area contributed by atoms with Gasteiger partial charge in [-0.05, 0) is 56.2 Å². The molecule has 0 aromatic heterocycles. The van der Waals surface area contributed by atoms with Crippen LogP contribution in [0.15, 0.2) is 42.5 Å². The van der Waals surface area contributed by atoms with Gasteiger partial charge in [0.1, 0.15) is 0 Å². The molecule has 0 atom stereocenters. The molecular formula is C21H22N2O5. The fourth-order valence-electron chi connectivity index (χ4n) is 2.61. The van der Waals surface area contributed by atoms with Gasteiger partial charge in [-0.1, -0.05) is 6.07 Å². The van der Waals surface area contributed by atoms with Gasteiger partial charge in [-0.2, -0.15) is 0 Å². The molecule has 146 valence electrons. The first kappa shape index (κ1) is 19.4. The van der Waals surface area contributed by atoms with E-state index in [4.69, 9.17) is 9.47 Å². The summed E-state index contributed by atoms with van der Waals surface area (Å²) < 4.78 is 10.7. The monoisotopic (exact) mass is 382 g/mol. The number of ketones is 1. The molecule has 1 saturated carbocycles. The van der Waals surface area contributed by atoms with E-state index in [1.807, 2.05) is 0 Å². The molecule has 1 aliphatic carbocycles. The third-order valence-corrected chi connectivity index (χ3v) is 4.29. The van der Waals surface area contributed by atoms with Crippen molar-refractivity contribution in [1.29, 1.82) is 0 Å². The number of anilines is 2. The van der Waals surface area contributed by atoms with Gasteiger partial charge in [0.05, 0.1) is 7.11 Å². The van der Waals surface area contributed by atoms with E-state index in [0.717, 1.165) is 12.8 Å². The van der Waals surface area contributed by atoms with Crippen molar-refractivity contribution in [2.75, 3.05) is 24.4 Å². The quantitative estimate of drug-likeness (QED) is 0.684. The van der Waals surface area contributed by atoms with Crippen LogP contribution < -0.4 is 20.1 Å². The van der Waals surface area contributed by atoms with Gasteiger partial charge < -0.3 is 20.1 Å². The van der Waals surface area contributed by atoms with Gasteiger partial charge in [-0.25, -0.2) is 0 Å². The highest BCUT2D eigenvalue weighted by molar-refractivity contribution is 5.96. The highest BCUT2D eigenvalue weighted by Gasteiger charge is 2.29. The van der Waals surface area contributed by atoms with E-state index >= 15 is 0 Å². The van der Waals surface area contributed by atoms with Gasteiger partial charge in [0.2, 0.25) is 5.91 Å². The molecule has 0 spiro atoms. The molecule has 1 aliphatic rings. The first-order valence-electron chi connectivity index (χ1n) is 8.99. The molecule has 7 heteroatoms. The lowest BCUT2D eigenvalue weighted by Gasteiger charge is -2.12. The normalized spacial score (nSPS) is 12.8. The van der Waals surface area contributed by atoms with Crippen molar-refractivity contribution in [3.05, 3.63) is 48.0 Å². The SMILES string of the molecule is COc1cc(C(C)=O)ccc1OCC(=O)Nc1cccc(NC(=O)C2CC2)c1. The van der Waals surface area contributed by atoms with Gasteiger partial charge >= 0.3 is 0 Å². The molecule has 2 N–H and O–H groups in total. The summed E-state index contributed by atoms with van der Waals surface area (Å²) in [5.74, 6) is 0.418. The summed E-state index contributed by atoms with van der Waals surface area (Å²) in [4.78, 5) is 35.5. The van der Waals surface area contributed by atoms with Crippen LogP contribution in [0.1, 0.15) is 30.1 Å². The third-order valence-electron chi connectivity index (χ3n) is 4.29. The topological polar surface area (TPSA) is 93.7 Å². The molecule has 0 saturated heterocycles. The summed E-state index contributed by atoms with van der Waals surface area (Å²) in [7, 11) is 1.47. The Morgan fingerprint density at radius 1 is 1.00 bits per heavy atom. The van der Waals surface area contributed by atoms with Crippen molar-refractivity contribution in [1.82, 2.24) is 0 Å². The van der Waals surface area contributed by atoms with Crippen LogP contribution in [0.25, 0.3) is 0 Å². The van der Waals surface area contributed by atoms with Crippen molar-refractivity contribution in [3.8, 4) is 11.5 Å². The van der Waals surface area contributed by atoms with Gasteiger partial charge in [0.15, 0.2) is 23.9 Å². The summed E-state index contributed by atoms with van der Waals surface area (Å²) in [6.07, 6.45) is 1.85. The first-order chi connectivity index (χ1) is 13.5. The zero-order valence-corrected chi connectivity index (χ0v) is 15.8. The van der Waals surface area contributed by atoms with Crippen LogP contribution in [-0.2, 0) is 9.59 Å². The molecule has 1 fully saturated rings. The van der Waals surface area contributed by atoms with Crippen molar-refractivity contribution in [3.63, 3.8) is 0 Å². The Morgan fingerprint density at radius 2 is 1.71 bits per heavy atom. The number of nitrogens with one attached hydrogen (secondary N) is 2. The number of rotatable bonds is 8. The van der Waals surface area contributed by atoms with Crippen LogP contribution in [0.2, 0.25) is 0 Å². The summed E-state index contributed by atoms with van der Waals surface area (Å²) in [6, 6.07) is 11.7. The number of carbonyl (C=O) groups is 3. The van der Waals surface area contributed by atoms with Crippen molar-refractivity contribution >= 4 is 29.0 Å². The lowest BCUT2D eigenvalue weighted by atomic mass is 10.1. The molecule has 2 amide bonds. The smallest absolute Gasteiger partial charge is 0.262 e. The predicted molar refractivity (Wildman–Crippen MR) is 105 cm³/mol. The second-order valence-corrected chi connectivity index (χ2v) is 6.60. The van der Waals surface area contributed by atoms with Crippen LogP contribution >= 0.6 is 0 Å². The Kier molecular flexibility index (Phi) is 5.93. The molecule has 7 nitrogen and oxygen atoms in total. The van der Waals surface area contributed by atoms with Gasteiger partial charge in [0, 0.05) is 22.9 Å². The Morgan fingerprint density at radius 3 is 2.36 bits per heavy atom. The lowest BCUT2D eigenvalue weighted by molar-refractivity contribution is -0.118. The number of hydrogen-bond acceptors (Lipinski definition) is 5. The molecule has 0 heterocycles. The molecule has 0 aliphatic heterocycles. The number of hydrogen-bond donors (Lipinski definition) is 2. The molecule has 2 aromatic rings. The molecule has 2 aromatic carbocycles. The maximum Gasteiger partial charge on any atom is 0.262 e. The molecule has 0 unspecified atom stereocenters. The summed E-state index contributed by atoms with van der Waals surface area (Å²) in [6.45, 7) is 1.23. The molecule has 3 rings (SSSR count). The molecule has 0 bridgehead atoms. The maximum atomic E-state index is 12.2. The third kappa shape index (κ3) is 5.09. The number of ether oxygens (including phenoxy) is 2. The Balaban J connectivity index is 1.57. The van der Waals surface area contributed by atoms with Crippen molar-refractivity contribution in [2.24, 2.45) is 5.92 Å². The standard InChI is InChI=1S/C21H22N2O5/c1-13(24)15-8-9-18(19(10-15)27-2)28-12-20(25)22-16-4-3-5-17(11-16)23-21(26)14-6-7-14/h3-5,8-11,14H,6-7,12H2,1-2H3,(H,22,25)(H,23,26). The van der Waals surface area contributed by atoms with Crippen molar-refractivity contribution in [2.45, 2.75) is 19.8 Å². The maximum absolute atomic E-state index is 12.2. The zero-order chi connectivity index (χ0) is 20.1. The largest absolute Gasteiger partial charge is 0.493 e. The highest BCUT2D eigenvalue weighted by atomic mass is 16.5. The Hall–Kier alpha value is -3.35. The van der Waals surface area contributed by atoms with E-state index in [1.54, 1.807) is 42.5 Å². The molecule has 28 heavy (non-hydrogen) atoms. The van der Waals surface area contributed by atoms with Crippen LogP contribution in [-0.4, -0.2) is 31.3 Å². The van der Waals surface area contributed by atoms with E-state index in [1.165, 1.54) is 14.0 Å². The van der Waals surface area contributed by atoms with Gasteiger partial charge in [-0.3, -0.25) is 14.4 Å². The Labute approximate surface area is 163 Å². The van der Waals surface area contributed by atoms with E-state index < -0.39 is 0 Å². The number of amides is 2. The Bertz CT molecular complexity index is 905. The second kappa shape index (κ2) is 8.56. The molecule has 0 radical (unpaired) electrons. The minimum atomic E-state index is -0.358. The summed E-state index contributed by atoms with van der Waals surface area (Å²) in [5, 5.41) is 5.57. The molecular weight excluding hydrogens is 360 g/mol. The summed E-state index contributed by atoms with van der Waals surface area (Å²) >= 11 is 0. The first-order valence-corrected chi connectivity index (χ1v) is 8.99. The number of Topliss-reactive ketones (excluding diaryl/α,β-unsaturated/α-hetero) is 1. The second-order valence-electron chi connectivity index (χ2n) is 6.60. The van der Waals surface area contributed by atoms with Crippen LogP contribution in [0, 0.1) is 5.92 Å². The fourth-order valence-corrected chi connectivity index (χ4v) is 2.61. The fraction of sp³-hybridized carbons (Fsp3) is 0.286. The highest BCUT2D eigenvalue weighted by Crippen LogP contribution is 2.30. The van der Waals surface area contributed by atoms with Crippen LogP contribution in [0.4, 0.5) is 11.4 Å². The summed E-state index contributed by atoms with van der Waals surface area (Å²) in [5.41, 5.74) is 1.69. The van der Waals surface area contributed by atoms with E-state index in [-0.39, 0.29) is 30.1 Å². The van der Waals surface area contributed by atoms with Crippen LogP contribution in [0.5, 0.6) is 11.5 Å². The number of methoxy groups -OCH3 is 1.